The number of benzene rings is 2. The van der Waals surface area contributed by atoms with E-state index in [0.29, 0.717) is 28.1 Å². The van der Waals surface area contributed by atoms with E-state index in [4.69, 9.17) is 27.9 Å². The molecule has 0 aliphatic carbocycles. The number of carbonyl (C=O) groups excluding carboxylic acids is 2. The van der Waals surface area contributed by atoms with Crippen LogP contribution in [0.5, 0.6) is 0 Å². The summed E-state index contributed by atoms with van der Waals surface area (Å²) < 4.78 is 7.08. The van der Waals surface area contributed by atoms with Crippen molar-refractivity contribution in [3.63, 3.8) is 0 Å². The molecule has 0 atom stereocenters. The normalized spacial score (nSPS) is 15.7. The highest BCUT2D eigenvalue weighted by molar-refractivity contribution is 8.18. The van der Waals surface area contributed by atoms with Crippen molar-refractivity contribution >= 4 is 63.1 Å². The number of rotatable bonds is 6. The molecule has 1 saturated heterocycles. The molecule has 30 heavy (non-hydrogen) atoms. The number of aromatic nitrogens is 1. The minimum atomic E-state index is -0.289. The monoisotopic (exact) mass is 460 g/mol. The van der Waals surface area contributed by atoms with E-state index in [1.165, 1.54) is 12.0 Å². The predicted octanol–water partition coefficient (Wildman–Crippen LogP) is 5.68. The molecule has 0 N–H and O–H groups in total. The number of ether oxygens (including phenoxy) is 1. The molecular formula is C22H18Cl2N2O3S. The van der Waals surface area contributed by atoms with Crippen LogP contribution in [0.2, 0.25) is 10.0 Å². The van der Waals surface area contributed by atoms with Crippen LogP contribution >= 0.6 is 35.0 Å². The molecule has 3 aromatic rings. The molecule has 2 heterocycles. The Balaban J connectivity index is 1.69. The van der Waals surface area contributed by atoms with Crippen molar-refractivity contribution in [2.75, 3.05) is 20.3 Å². The van der Waals surface area contributed by atoms with Gasteiger partial charge in [-0.1, -0.05) is 47.5 Å². The standard InChI is InChI=1S/C22H18Cl2N2O3S/c1-29-9-8-26-21(27)20(30-22(26)28)11-15-13-25(19-5-3-2-4-16(15)19)12-14-6-7-17(23)18(24)10-14/h2-7,10-11,13H,8-9,12H2,1H3/b20-11+. The minimum Gasteiger partial charge on any atom is -0.383 e. The van der Waals surface area contributed by atoms with Crippen molar-refractivity contribution < 1.29 is 14.3 Å². The Bertz CT molecular complexity index is 1170. The van der Waals surface area contributed by atoms with Gasteiger partial charge in [0.25, 0.3) is 11.1 Å². The summed E-state index contributed by atoms with van der Waals surface area (Å²) in [5.41, 5.74) is 2.91. The van der Waals surface area contributed by atoms with Crippen molar-refractivity contribution in [3.8, 4) is 0 Å². The van der Waals surface area contributed by atoms with E-state index >= 15 is 0 Å². The van der Waals surface area contributed by atoms with Gasteiger partial charge in [0.05, 0.1) is 28.1 Å². The Hall–Kier alpha value is -2.25. The molecule has 0 saturated carbocycles. The van der Waals surface area contributed by atoms with Crippen molar-refractivity contribution in [3.05, 3.63) is 74.7 Å². The first-order valence-corrected chi connectivity index (χ1v) is 10.8. The molecule has 0 radical (unpaired) electrons. The zero-order valence-corrected chi connectivity index (χ0v) is 18.4. The van der Waals surface area contributed by atoms with E-state index in [-0.39, 0.29) is 17.7 Å². The summed E-state index contributed by atoms with van der Waals surface area (Å²) in [5.74, 6) is -0.289. The topological polar surface area (TPSA) is 51.5 Å². The van der Waals surface area contributed by atoms with Crippen molar-refractivity contribution in [1.29, 1.82) is 0 Å². The van der Waals surface area contributed by atoms with Crippen LogP contribution in [0.3, 0.4) is 0 Å². The third kappa shape index (κ3) is 4.14. The summed E-state index contributed by atoms with van der Waals surface area (Å²) in [7, 11) is 1.54. The third-order valence-electron chi connectivity index (χ3n) is 4.84. The average molecular weight is 461 g/mol. The van der Waals surface area contributed by atoms with Crippen LogP contribution in [0, 0.1) is 0 Å². The molecule has 0 unspecified atom stereocenters. The van der Waals surface area contributed by atoms with Crippen LogP contribution in [0.25, 0.3) is 17.0 Å². The SMILES string of the molecule is COCCN1C(=O)S/C(=C/c2cn(Cc3ccc(Cl)c(Cl)c3)c3ccccc23)C1=O. The van der Waals surface area contributed by atoms with Crippen LogP contribution in [0.1, 0.15) is 11.1 Å². The minimum absolute atomic E-state index is 0.248. The number of nitrogens with zero attached hydrogens (tertiary/aromatic N) is 2. The number of halogens is 2. The van der Waals surface area contributed by atoms with Gasteiger partial charge >= 0.3 is 0 Å². The summed E-state index contributed by atoms with van der Waals surface area (Å²) >= 11 is 13.1. The summed E-state index contributed by atoms with van der Waals surface area (Å²) in [6.45, 7) is 1.16. The van der Waals surface area contributed by atoms with E-state index in [9.17, 15) is 9.59 Å². The molecule has 2 amide bonds. The molecule has 4 rings (SSSR count). The van der Waals surface area contributed by atoms with Gasteiger partial charge in [0.2, 0.25) is 0 Å². The van der Waals surface area contributed by atoms with Gasteiger partial charge in [-0.05, 0) is 41.6 Å². The van der Waals surface area contributed by atoms with Gasteiger partial charge in [0, 0.05) is 36.3 Å². The molecule has 0 spiro atoms. The quantitative estimate of drug-likeness (QED) is 0.444. The van der Waals surface area contributed by atoms with Crippen LogP contribution in [-0.2, 0) is 16.1 Å². The first kappa shape index (κ1) is 21.0. The van der Waals surface area contributed by atoms with Crippen LogP contribution in [-0.4, -0.2) is 40.9 Å². The maximum atomic E-state index is 12.7. The molecule has 5 nitrogen and oxygen atoms in total. The third-order valence-corrected chi connectivity index (χ3v) is 6.48. The van der Waals surface area contributed by atoms with Gasteiger partial charge < -0.3 is 9.30 Å². The van der Waals surface area contributed by atoms with E-state index in [1.54, 1.807) is 12.1 Å². The smallest absolute Gasteiger partial charge is 0.293 e. The van der Waals surface area contributed by atoms with Crippen LogP contribution < -0.4 is 0 Å². The Morgan fingerprint density at radius 2 is 1.90 bits per heavy atom. The highest BCUT2D eigenvalue weighted by Crippen LogP contribution is 2.34. The lowest BCUT2D eigenvalue weighted by Crippen LogP contribution is -2.31. The number of methoxy groups -OCH3 is 1. The van der Waals surface area contributed by atoms with E-state index in [2.05, 4.69) is 4.57 Å². The van der Waals surface area contributed by atoms with Crippen LogP contribution in [0.15, 0.2) is 53.6 Å². The second-order valence-corrected chi connectivity index (χ2v) is 8.61. The van der Waals surface area contributed by atoms with E-state index in [1.807, 2.05) is 42.6 Å². The maximum Gasteiger partial charge on any atom is 0.293 e. The number of imide groups is 1. The summed E-state index contributed by atoms with van der Waals surface area (Å²) in [4.78, 5) is 26.5. The van der Waals surface area contributed by atoms with Crippen molar-refractivity contribution in [1.82, 2.24) is 9.47 Å². The fourth-order valence-corrected chi connectivity index (χ4v) is 4.55. The Morgan fingerprint density at radius 1 is 1.10 bits per heavy atom. The molecule has 2 aromatic carbocycles. The van der Waals surface area contributed by atoms with Gasteiger partial charge in [0.1, 0.15) is 0 Å². The first-order valence-electron chi connectivity index (χ1n) is 9.24. The molecule has 0 bridgehead atoms. The largest absolute Gasteiger partial charge is 0.383 e. The zero-order chi connectivity index (χ0) is 21.3. The van der Waals surface area contributed by atoms with Gasteiger partial charge in [-0.15, -0.1) is 0 Å². The van der Waals surface area contributed by atoms with Crippen LogP contribution in [0.4, 0.5) is 4.79 Å². The Kier molecular flexibility index (Phi) is 6.20. The zero-order valence-electron chi connectivity index (χ0n) is 16.1. The van der Waals surface area contributed by atoms with Gasteiger partial charge in [0.15, 0.2) is 0 Å². The fourth-order valence-electron chi connectivity index (χ4n) is 3.37. The Morgan fingerprint density at radius 3 is 2.67 bits per heavy atom. The number of para-hydroxylation sites is 1. The summed E-state index contributed by atoms with van der Waals surface area (Å²) in [6, 6.07) is 13.5. The summed E-state index contributed by atoms with van der Waals surface area (Å²) in [6.07, 6.45) is 3.77. The molecule has 8 heteroatoms. The predicted molar refractivity (Wildman–Crippen MR) is 122 cm³/mol. The number of amides is 2. The lowest BCUT2D eigenvalue weighted by Gasteiger charge is -2.10. The van der Waals surface area contributed by atoms with Gasteiger partial charge in [-0.2, -0.15) is 0 Å². The number of hydrogen-bond donors (Lipinski definition) is 0. The molecule has 1 fully saturated rings. The number of thioether (sulfide) groups is 1. The number of fused-ring (bicyclic) bond motifs is 1. The highest BCUT2D eigenvalue weighted by atomic mass is 35.5. The second kappa shape index (κ2) is 8.86. The number of carbonyl (C=O) groups is 2. The number of hydrogen-bond acceptors (Lipinski definition) is 4. The van der Waals surface area contributed by atoms with Crippen molar-refractivity contribution in [2.45, 2.75) is 6.54 Å². The summed E-state index contributed by atoms with van der Waals surface area (Å²) in [5, 5.41) is 1.75. The van der Waals surface area contributed by atoms with Crippen molar-refractivity contribution in [2.24, 2.45) is 0 Å². The molecular weight excluding hydrogens is 443 g/mol. The first-order chi connectivity index (χ1) is 14.5. The molecule has 1 aliphatic rings. The highest BCUT2D eigenvalue weighted by Gasteiger charge is 2.34. The van der Waals surface area contributed by atoms with E-state index in [0.717, 1.165) is 33.8 Å². The van der Waals surface area contributed by atoms with Gasteiger partial charge in [-0.25, -0.2) is 0 Å². The van der Waals surface area contributed by atoms with E-state index < -0.39 is 0 Å². The molecule has 1 aromatic heterocycles. The lowest BCUT2D eigenvalue weighted by atomic mass is 10.1. The molecule has 1 aliphatic heterocycles. The fraction of sp³-hybridized carbons (Fsp3) is 0.182. The maximum absolute atomic E-state index is 12.7. The lowest BCUT2D eigenvalue weighted by molar-refractivity contribution is -0.123. The Labute approximate surface area is 188 Å². The van der Waals surface area contributed by atoms with Gasteiger partial charge in [-0.3, -0.25) is 14.5 Å². The molecule has 154 valence electrons. The second-order valence-electron chi connectivity index (χ2n) is 6.80. The average Bonchev–Trinajstić information content (AvgIpc) is 3.20.